The normalized spacial score (nSPS) is 21.6. The Morgan fingerprint density at radius 3 is 2.47 bits per heavy atom. The van der Waals surface area contributed by atoms with E-state index in [1.54, 1.807) is 24.3 Å². The van der Waals surface area contributed by atoms with E-state index in [4.69, 9.17) is 10.4 Å². The molecule has 98 valence electrons. The minimum Gasteiger partial charge on any atom is -0.481 e. The van der Waals surface area contributed by atoms with E-state index in [2.05, 4.69) is 5.32 Å². The van der Waals surface area contributed by atoms with Gasteiger partial charge in [0, 0.05) is 11.6 Å². The van der Waals surface area contributed by atoms with Crippen LogP contribution in [-0.4, -0.2) is 23.0 Å². The third-order valence-electron chi connectivity index (χ3n) is 3.39. The fraction of sp³-hybridized carbons (Fsp3) is 0.357. The zero-order valence-electron chi connectivity index (χ0n) is 10.3. The number of nitrogens with zero attached hydrogens (tertiary/aromatic N) is 1. The number of amides is 1. The van der Waals surface area contributed by atoms with Gasteiger partial charge >= 0.3 is 5.97 Å². The Bertz CT molecular complexity index is 531. The molecule has 0 aliphatic heterocycles. The minimum absolute atomic E-state index is 0.0794. The van der Waals surface area contributed by atoms with Crippen LogP contribution < -0.4 is 5.32 Å². The lowest BCUT2D eigenvalue weighted by molar-refractivity contribution is -0.141. The summed E-state index contributed by atoms with van der Waals surface area (Å²) in [5.74, 6) is -1.37. The average Bonchev–Trinajstić information content (AvgIpc) is 2.87. The Labute approximate surface area is 110 Å². The number of carbonyl (C=O) groups excluding carboxylic acids is 1. The van der Waals surface area contributed by atoms with Crippen molar-refractivity contribution in [3.8, 4) is 6.07 Å². The van der Waals surface area contributed by atoms with Crippen LogP contribution in [0.15, 0.2) is 24.3 Å². The maximum Gasteiger partial charge on any atom is 0.306 e. The number of carboxylic acid groups (broad SMARTS) is 1. The molecule has 5 nitrogen and oxygen atoms in total. The smallest absolute Gasteiger partial charge is 0.306 e. The van der Waals surface area contributed by atoms with Crippen LogP contribution in [0.2, 0.25) is 0 Å². The number of benzene rings is 1. The molecule has 2 atom stereocenters. The van der Waals surface area contributed by atoms with Crippen molar-refractivity contribution in [2.45, 2.75) is 25.3 Å². The number of hydrogen-bond acceptors (Lipinski definition) is 3. The topological polar surface area (TPSA) is 90.2 Å². The summed E-state index contributed by atoms with van der Waals surface area (Å²) in [6, 6.07) is 8.27. The van der Waals surface area contributed by atoms with Gasteiger partial charge < -0.3 is 10.4 Å². The molecular formula is C14H14N2O3. The lowest BCUT2D eigenvalue weighted by Crippen LogP contribution is -2.33. The van der Waals surface area contributed by atoms with Gasteiger partial charge in [0.25, 0.3) is 5.91 Å². The molecule has 1 aliphatic rings. The van der Waals surface area contributed by atoms with Crippen molar-refractivity contribution in [2.24, 2.45) is 5.92 Å². The summed E-state index contributed by atoms with van der Waals surface area (Å²) in [7, 11) is 0. The highest BCUT2D eigenvalue weighted by Gasteiger charge is 2.30. The highest BCUT2D eigenvalue weighted by Crippen LogP contribution is 2.25. The summed E-state index contributed by atoms with van der Waals surface area (Å²) < 4.78 is 0. The first-order valence-corrected chi connectivity index (χ1v) is 6.14. The molecule has 2 unspecified atom stereocenters. The molecule has 2 N–H and O–H groups in total. The number of carbonyl (C=O) groups is 2. The minimum atomic E-state index is -0.796. The number of carboxylic acids is 1. The van der Waals surface area contributed by atoms with Crippen LogP contribution in [0.4, 0.5) is 0 Å². The first-order chi connectivity index (χ1) is 9.10. The van der Waals surface area contributed by atoms with Crippen molar-refractivity contribution in [1.29, 1.82) is 5.26 Å². The fourth-order valence-corrected chi connectivity index (χ4v) is 2.30. The van der Waals surface area contributed by atoms with Crippen molar-refractivity contribution in [3.63, 3.8) is 0 Å². The third-order valence-corrected chi connectivity index (χ3v) is 3.39. The number of hydrogen-bond donors (Lipinski definition) is 2. The molecular weight excluding hydrogens is 244 g/mol. The predicted molar refractivity (Wildman–Crippen MR) is 67.4 cm³/mol. The molecule has 0 spiro atoms. The first kappa shape index (κ1) is 13.1. The number of nitriles is 1. The average molecular weight is 258 g/mol. The molecule has 0 aromatic heterocycles. The summed E-state index contributed by atoms with van der Waals surface area (Å²) in [6.45, 7) is 0. The second kappa shape index (κ2) is 5.53. The zero-order chi connectivity index (χ0) is 13.8. The van der Waals surface area contributed by atoms with E-state index in [0.29, 0.717) is 30.4 Å². The lowest BCUT2D eigenvalue weighted by Gasteiger charge is -2.12. The SMILES string of the molecule is N#Cc1ccc(C(=O)NC2CCC(C(=O)O)C2)cc1. The maximum absolute atomic E-state index is 11.9. The van der Waals surface area contributed by atoms with E-state index in [1.807, 2.05) is 6.07 Å². The van der Waals surface area contributed by atoms with Gasteiger partial charge in [0.15, 0.2) is 0 Å². The summed E-state index contributed by atoms with van der Waals surface area (Å²) in [5, 5.41) is 20.4. The Balaban J connectivity index is 1.94. The molecule has 0 heterocycles. The summed E-state index contributed by atoms with van der Waals surface area (Å²) in [6.07, 6.45) is 1.78. The summed E-state index contributed by atoms with van der Waals surface area (Å²) in [5.41, 5.74) is 0.987. The van der Waals surface area contributed by atoms with Gasteiger partial charge in [-0.2, -0.15) is 5.26 Å². The lowest BCUT2D eigenvalue weighted by atomic mass is 10.1. The van der Waals surface area contributed by atoms with E-state index in [0.717, 1.165) is 0 Å². The molecule has 1 aliphatic carbocycles. The van der Waals surface area contributed by atoms with Gasteiger partial charge in [-0.05, 0) is 43.5 Å². The van der Waals surface area contributed by atoms with E-state index in [-0.39, 0.29) is 17.9 Å². The van der Waals surface area contributed by atoms with E-state index in [9.17, 15) is 9.59 Å². The van der Waals surface area contributed by atoms with Gasteiger partial charge in [0.2, 0.25) is 0 Å². The van der Waals surface area contributed by atoms with Crippen molar-refractivity contribution in [1.82, 2.24) is 5.32 Å². The molecule has 19 heavy (non-hydrogen) atoms. The number of aliphatic carboxylic acids is 1. The van der Waals surface area contributed by atoms with Crippen molar-refractivity contribution < 1.29 is 14.7 Å². The van der Waals surface area contributed by atoms with Crippen LogP contribution in [-0.2, 0) is 4.79 Å². The number of rotatable bonds is 3. The number of nitrogens with one attached hydrogen (secondary N) is 1. The molecule has 5 heteroatoms. The molecule has 1 fully saturated rings. The van der Waals surface area contributed by atoms with Gasteiger partial charge in [-0.1, -0.05) is 0 Å². The fourth-order valence-electron chi connectivity index (χ4n) is 2.30. The van der Waals surface area contributed by atoms with Crippen LogP contribution in [0.3, 0.4) is 0 Å². The van der Waals surface area contributed by atoms with E-state index < -0.39 is 5.97 Å². The zero-order valence-corrected chi connectivity index (χ0v) is 10.3. The Morgan fingerprint density at radius 2 is 1.95 bits per heavy atom. The van der Waals surface area contributed by atoms with Crippen LogP contribution in [0.5, 0.6) is 0 Å². The largest absolute Gasteiger partial charge is 0.481 e. The van der Waals surface area contributed by atoms with Crippen molar-refractivity contribution in [3.05, 3.63) is 35.4 Å². The monoisotopic (exact) mass is 258 g/mol. The van der Waals surface area contributed by atoms with Gasteiger partial charge in [0.1, 0.15) is 0 Å². The van der Waals surface area contributed by atoms with Crippen molar-refractivity contribution in [2.75, 3.05) is 0 Å². The molecule has 1 amide bonds. The second-order valence-electron chi connectivity index (χ2n) is 4.71. The first-order valence-electron chi connectivity index (χ1n) is 6.14. The molecule has 0 saturated heterocycles. The van der Waals surface area contributed by atoms with Gasteiger partial charge in [-0.3, -0.25) is 9.59 Å². The summed E-state index contributed by atoms with van der Waals surface area (Å²) in [4.78, 5) is 22.8. The van der Waals surface area contributed by atoms with Gasteiger partial charge in [-0.15, -0.1) is 0 Å². The molecule has 1 saturated carbocycles. The maximum atomic E-state index is 11.9. The van der Waals surface area contributed by atoms with E-state index in [1.165, 1.54) is 0 Å². The van der Waals surface area contributed by atoms with Gasteiger partial charge in [0.05, 0.1) is 17.6 Å². The summed E-state index contributed by atoms with van der Waals surface area (Å²) >= 11 is 0. The Morgan fingerprint density at radius 1 is 1.26 bits per heavy atom. The molecule has 0 bridgehead atoms. The standard InChI is InChI=1S/C14H14N2O3/c15-8-9-1-3-10(4-2-9)13(17)16-12-6-5-11(7-12)14(18)19/h1-4,11-12H,5-7H2,(H,16,17)(H,18,19). The Hall–Kier alpha value is -2.35. The van der Waals surface area contributed by atoms with Crippen molar-refractivity contribution >= 4 is 11.9 Å². The molecule has 2 rings (SSSR count). The van der Waals surface area contributed by atoms with Crippen LogP contribution in [0.1, 0.15) is 35.2 Å². The van der Waals surface area contributed by atoms with Crippen LogP contribution in [0.25, 0.3) is 0 Å². The van der Waals surface area contributed by atoms with Crippen LogP contribution in [0, 0.1) is 17.2 Å². The van der Waals surface area contributed by atoms with E-state index >= 15 is 0 Å². The highest BCUT2D eigenvalue weighted by atomic mass is 16.4. The molecule has 1 aromatic rings. The highest BCUT2D eigenvalue weighted by molar-refractivity contribution is 5.94. The Kier molecular flexibility index (Phi) is 3.81. The van der Waals surface area contributed by atoms with Gasteiger partial charge in [-0.25, -0.2) is 0 Å². The third kappa shape index (κ3) is 3.10. The second-order valence-corrected chi connectivity index (χ2v) is 4.71. The molecule has 0 radical (unpaired) electrons. The predicted octanol–water partition coefficient (Wildman–Crippen LogP) is 1.54. The quantitative estimate of drug-likeness (QED) is 0.860. The molecule has 1 aromatic carbocycles. The van der Waals surface area contributed by atoms with Crippen LogP contribution >= 0.6 is 0 Å².